The van der Waals surface area contributed by atoms with Crippen molar-refractivity contribution in [1.29, 1.82) is 0 Å². The molecule has 0 radical (unpaired) electrons. The first-order chi connectivity index (χ1) is 12.0. The number of benzene rings is 2. The van der Waals surface area contributed by atoms with Crippen LogP contribution in [0, 0.1) is 20.2 Å². The molecule has 2 rings (SSSR count). The summed E-state index contributed by atoms with van der Waals surface area (Å²) in [5.41, 5.74) is 0.460. The lowest BCUT2D eigenvalue weighted by atomic mass is 10.1. The van der Waals surface area contributed by atoms with Crippen molar-refractivity contribution in [2.45, 2.75) is 12.8 Å². The van der Waals surface area contributed by atoms with E-state index in [2.05, 4.69) is 0 Å². The highest BCUT2D eigenvalue weighted by atomic mass is 35.5. The van der Waals surface area contributed by atoms with E-state index in [0.29, 0.717) is 11.1 Å². The number of ether oxygens (including phenoxy) is 1. The number of hydrogen-bond acceptors (Lipinski definition) is 5. The van der Waals surface area contributed by atoms with Gasteiger partial charge in [0.25, 0.3) is 11.4 Å². The van der Waals surface area contributed by atoms with Crippen LogP contribution in [0.25, 0.3) is 0 Å². The summed E-state index contributed by atoms with van der Waals surface area (Å²) in [6.45, 7) is 0. The summed E-state index contributed by atoms with van der Waals surface area (Å²) in [6, 6.07) is 8.84. The number of halogens is 2. The van der Waals surface area contributed by atoms with Crippen molar-refractivity contribution in [2.75, 3.05) is 11.8 Å². The lowest BCUT2D eigenvalue weighted by Crippen LogP contribution is -2.03. The van der Waals surface area contributed by atoms with Gasteiger partial charge in [-0.1, -0.05) is 12.1 Å². The van der Waals surface area contributed by atoms with E-state index >= 15 is 0 Å². The average molecular weight is 385 g/mol. The van der Waals surface area contributed by atoms with Crippen LogP contribution in [0.3, 0.4) is 0 Å². The van der Waals surface area contributed by atoms with Crippen LogP contribution in [-0.4, -0.2) is 21.6 Å². The number of nitro benzene ring substituents is 2. The molecule has 0 unspecified atom stereocenters. The molecule has 25 heavy (non-hydrogen) atoms. The Labute approximate surface area is 153 Å². The van der Waals surface area contributed by atoms with Gasteiger partial charge >= 0.3 is 0 Å². The molecule has 0 saturated carbocycles. The summed E-state index contributed by atoms with van der Waals surface area (Å²) in [7, 11) is 0. The van der Waals surface area contributed by atoms with Crippen LogP contribution < -0.4 is 4.74 Å². The van der Waals surface area contributed by atoms with Crippen LogP contribution in [0.15, 0.2) is 36.4 Å². The second-order valence-corrected chi connectivity index (χ2v) is 5.76. The molecule has 0 aliphatic heterocycles. The molecule has 0 amide bonds. The fourth-order valence-electron chi connectivity index (χ4n) is 2.45. The maximum Gasteiger partial charge on any atom is 0.276 e. The molecule has 0 atom stereocenters. The molecule has 132 valence electrons. The molecular formula is C16H14Cl2N2O5. The fraction of sp³-hybridized carbons (Fsp3) is 0.250. The molecule has 9 heteroatoms. The number of hydrogen-bond donors (Lipinski definition) is 0. The predicted molar refractivity (Wildman–Crippen MR) is 95.1 cm³/mol. The Kier molecular flexibility index (Phi) is 6.55. The van der Waals surface area contributed by atoms with Crippen LogP contribution in [-0.2, 0) is 12.8 Å². The van der Waals surface area contributed by atoms with Crippen molar-refractivity contribution in [3.05, 3.63) is 67.8 Å². The van der Waals surface area contributed by atoms with Gasteiger partial charge in [0.2, 0.25) is 0 Å². The summed E-state index contributed by atoms with van der Waals surface area (Å²) in [5.74, 6) is 0.826. The molecule has 0 fully saturated rings. The number of rotatable bonds is 8. The molecule has 0 heterocycles. The van der Waals surface area contributed by atoms with Crippen LogP contribution >= 0.6 is 23.2 Å². The highest BCUT2D eigenvalue weighted by Gasteiger charge is 2.22. The predicted octanol–water partition coefficient (Wildman–Crippen LogP) is 4.86. The van der Waals surface area contributed by atoms with Crippen molar-refractivity contribution in [3.63, 3.8) is 0 Å². The van der Waals surface area contributed by atoms with E-state index in [9.17, 15) is 20.2 Å². The Bertz CT molecular complexity index is 733. The summed E-state index contributed by atoms with van der Waals surface area (Å²) in [4.78, 5) is 21.4. The first-order valence-electron chi connectivity index (χ1n) is 7.32. The van der Waals surface area contributed by atoms with Crippen molar-refractivity contribution in [3.8, 4) is 11.5 Å². The summed E-state index contributed by atoms with van der Waals surface area (Å²) < 4.78 is 5.80. The molecule has 0 aromatic heterocycles. The van der Waals surface area contributed by atoms with Crippen molar-refractivity contribution in [2.24, 2.45) is 0 Å². The van der Waals surface area contributed by atoms with Crippen molar-refractivity contribution in [1.82, 2.24) is 0 Å². The maximum atomic E-state index is 11.2. The molecule has 2 aromatic carbocycles. The highest BCUT2D eigenvalue weighted by Crippen LogP contribution is 2.36. The monoisotopic (exact) mass is 384 g/mol. The average Bonchev–Trinajstić information content (AvgIpc) is 2.57. The van der Waals surface area contributed by atoms with Crippen LogP contribution in [0.2, 0.25) is 0 Å². The number of alkyl halides is 2. The topological polar surface area (TPSA) is 95.5 Å². The Morgan fingerprint density at radius 1 is 0.800 bits per heavy atom. The molecule has 0 aliphatic rings. The van der Waals surface area contributed by atoms with Gasteiger partial charge in [-0.2, -0.15) is 0 Å². The molecule has 2 aromatic rings. The van der Waals surface area contributed by atoms with E-state index in [1.165, 1.54) is 24.3 Å². The number of nitrogens with zero attached hydrogens (tertiary/aromatic N) is 2. The summed E-state index contributed by atoms with van der Waals surface area (Å²) in [5, 5.41) is 22.4. The maximum absolute atomic E-state index is 11.2. The van der Waals surface area contributed by atoms with E-state index in [1.54, 1.807) is 12.1 Å². The van der Waals surface area contributed by atoms with Gasteiger partial charge in [-0.25, -0.2) is 0 Å². The fourth-order valence-corrected chi connectivity index (χ4v) is 2.83. The van der Waals surface area contributed by atoms with Gasteiger partial charge in [0, 0.05) is 23.9 Å². The molecule has 7 nitrogen and oxygen atoms in total. The first-order valence-corrected chi connectivity index (χ1v) is 8.38. The van der Waals surface area contributed by atoms with Gasteiger partial charge in [-0.15, -0.1) is 23.2 Å². The Hall–Kier alpha value is -2.38. The third-order valence-electron chi connectivity index (χ3n) is 3.52. The SMILES string of the molecule is O=[N+]([O-])c1cccc(Oc2cccc([N+](=O)[O-])c2CCCl)c1CCCl. The molecule has 0 N–H and O–H groups in total. The van der Waals surface area contributed by atoms with E-state index < -0.39 is 9.85 Å². The van der Waals surface area contributed by atoms with Crippen LogP contribution in [0.1, 0.15) is 11.1 Å². The largest absolute Gasteiger partial charge is 0.456 e. The minimum Gasteiger partial charge on any atom is -0.456 e. The third kappa shape index (κ3) is 4.37. The Morgan fingerprint density at radius 2 is 1.20 bits per heavy atom. The van der Waals surface area contributed by atoms with E-state index in [4.69, 9.17) is 27.9 Å². The smallest absolute Gasteiger partial charge is 0.276 e. The van der Waals surface area contributed by atoms with Gasteiger partial charge in [-0.3, -0.25) is 20.2 Å². The zero-order valence-corrected chi connectivity index (χ0v) is 14.5. The zero-order chi connectivity index (χ0) is 18.4. The summed E-state index contributed by atoms with van der Waals surface area (Å²) in [6.07, 6.45) is 0.460. The van der Waals surface area contributed by atoms with Crippen LogP contribution in [0.5, 0.6) is 11.5 Å². The number of nitro groups is 2. The molecule has 0 bridgehead atoms. The highest BCUT2D eigenvalue weighted by molar-refractivity contribution is 6.18. The van der Waals surface area contributed by atoms with Gasteiger partial charge in [0.05, 0.1) is 21.0 Å². The van der Waals surface area contributed by atoms with Gasteiger partial charge in [-0.05, 0) is 25.0 Å². The van der Waals surface area contributed by atoms with Gasteiger partial charge < -0.3 is 4.74 Å². The normalized spacial score (nSPS) is 10.5. The first kappa shape index (κ1) is 19.0. The van der Waals surface area contributed by atoms with E-state index in [0.717, 1.165) is 0 Å². The summed E-state index contributed by atoms with van der Waals surface area (Å²) >= 11 is 11.5. The lowest BCUT2D eigenvalue weighted by Gasteiger charge is -2.14. The quantitative estimate of drug-likeness (QED) is 0.367. The van der Waals surface area contributed by atoms with Gasteiger partial charge in [0.15, 0.2) is 0 Å². The Morgan fingerprint density at radius 3 is 1.52 bits per heavy atom. The van der Waals surface area contributed by atoms with E-state index in [-0.39, 0.29) is 47.5 Å². The standard InChI is InChI=1S/C16H14Cl2N2O5/c17-9-7-11-13(19(21)22)3-1-5-15(11)25-16-6-2-4-14(20(23)24)12(16)8-10-18/h1-6H,7-10H2. The lowest BCUT2D eigenvalue weighted by molar-refractivity contribution is -0.385. The van der Waals surface area contributed by atoms with Gasteiger partial charge in [0.1, 0.15) is 11.5 Å². The minimum atomic E-state index is -0.512. The molecule has 0 aliphatic carbocycles. The zero-order valence-electron chi connectivity index (χ0n) is 13.0. The third-order valence-corrected chi connectivity index (χ3v) is 3.90. The molecular weight excluding hydrogens is 371 g/mol. The van der Waals surface area contributed by atoms with Crippen molar-refractivity contribution < 1.29 is 14.6 Å². The second-order valence-electron chi connectivity index (χ2n) is 5.00. The minimum absolute atomic E-state index is 0.109. The second kappa shape index (κ2) is 8.64. The molecule has 0 saturated heterocycles. The van der Waals surface area contributed by atoms with Crippen LogP contribution in [0.4, 0.5) is 11.4 Å². The van der Waals surface area contributed by atoms with Crippen molar-refractivity contribution >= 4 is 34.6 Å². The Balaban J connectivity index is 2.53. The van der Waals surface area contributed by atoms with E-state index in [1.807, 2.05) is 0 Å². The molecule has 0 spiro atoms.